The average Bonchev–Trinajstić information content (AvgIpc) is 3.13. The molecular weight excluding hydrogens is 360 g/mol. The van der Waals surface area contributed by atoms with E-state index in [9.17, 15) is 4.79 Å². The zero-order chi connectivity index (χ0) is 19.5. The molecule has 3 N–H and O–H groups in total. The van der Waals surface area contributed by atoms with Gasteiger partial charge in [0.05, 0.1) is 6.54 Å². The molecule has 1 aromatic carbocycles. The van der Waals surface area contributed by atoms with Gasteiger partial charge in [0, 0.05) is 24.4 Å². The maximum atomic E-state index is 11.5. The second-order valence-electron chi connectivity index (χ2n) is 6.60. The summed E-state index contributed by atoms with van der Waals surface area (Å²) >= 11 is 1.96. The Kier molecular flexibility index (Phi) is 9.31. The maximum absolute atomic E-state index is 11.5. The third-order valence-electron chi connectivity index (χ3n) is 4.46. The standard InChI is InChI=1S/C20H32N4O2S/c1-4-21-19(25)14-26-17-8-6-7-15(11-17)13-23-20(22-5-2)24-16-9-10-18(12-16)27-3/h6-8,11,16,18H,4-5,9-10,12-14H2,1-3H3,(H,21,25)(H2,22,23,24). The summed E-state index contributed by atoms with van der Waals surface area (Å²) in [5, 5.41) is 10.4. The van der Waals surface area contributed by atoms with Gasteiger partial charge < -0.3 is 20.7 Å². The summed E-state index contributed by atoms with van der Waals surface area (Å²) < 4.78 is 5.55. The molecule has 6 nitrogen and oxygen atoms in total. The molecule has 150 valence electrons. The monoisotopic (exact) mass is 392 g/mol. The first-order valence-corrected chi connectivity index (χ1v) is 11.0. The number of carbonyl (C=O) groups is 1. The Labute approximate surface area is 166 Å². The Morgan fingerprint density at radius 2 is 2.07 bits per heavy atom. The summed E-state index contributed by atoms with van der Waals surface area (Å²) in [6.45, 7) is 6.00. The molecule has 0 aliphatic heterocycles. The average molecular weight is 393 g/mol. The van der Waals surface area contributed by atoms with E-state index >= 15 is 0 Å². The number of nitrogens with one attached hydrogen (secondary N) is 3. The first-order chi connectivity index (χ1) is 13.1. The minimum atomic E-state index is -0.111. The molecule has 7 heteroatoms. The van der Waals surface area contributed by atoms with Crippen molar-refractivity contribution in [3.05, 3.63) is 29.8 Å². The Morgan fingerprint density at radius 1 is 1.26 bits per heavy atom. The van der Waals surface area contributed by atoms with Crippen LogP contribution in [0.15, 0.2) is 29.3 Å². The van der Waals surface area contributed by atoms with Crippen molar-refractivity contribution < 1.29 is 9.53 Å². The van der Waals surface area contributed by atoms with Crippen LogP contribution in [0, 0.1) is 0 Å². The van der Waals surface area contributed by atoms with Gasteiger partial charge in [-0.2, -0.15) is 11.8 Å². The van der Waals surface area contributed by atoms with Crippen molar-refractivity contribution in [2.24, 2.45) is 4.99 Å². The van der Waals surface area contributed by atoms with Crippen molar-refractivity contribution in [3.63, 3.8) is 0 Å². The lowest BCUT2D eigenvalue weighted by Gasteiger charge is -2.17. The Morgan fingerprint density at radius 3 is 2.78 bits per heavy atom. The molecule has 0 saturated heterocycles. The predicted octanol–water partition coefficient (Wildman–Crippen LogP) is 2.54. The fraction of sp³-hybridized carbons (Fsp3) is 0.600. The third-order valence-corrected chi connectivity index (χ3v) is 5.56. The lowest BCUT2D eigenvalue weighted by molar-refractivity contribution is -0.122. The lowest BCUT2D eigenvalue weighted by atomic mass is 10.2. The van der Waals surface area contributed by atoms with E-state index in [0.29, 0.717) is 24.9 Å². The van der Waals surface area contributed by atoms with Gasteiger partial charge >= 0.3 is 0 Å². The SMILES string of the molecule is CCNC(=O)COc1cccc(CN=C(NCC)NC2CCC(SC)C2)c1. The van der Waals surface area contributed by atoms with Gasteiger partial charge in [0.2, 0.25) is 0 Å². The molecular formula is C20H32N4O2S. The summed E-state index contributed by atoms with van der Waals surface area (Å²) in [7, 11) is 0. The molecule has 0 heterocycles. The number of rotatable bonds is 9. The molecule has 2 unspecified atom stereocenters. The Balaban J connectivity index is 1.90. The molecule has 1 aliphatic rings. The minimum Gasteiger partial charge on any atom is -0.484 e. The maximum Gasteiger partial charge on any atom is 0.257 e. The molecule has 1 aliphatic carbocycles. The van der Waals surface area contributed by atoms with Crippen molar-refractivity contribution in [1.82, 2.24) is 16.0 Å². The van der Waals surface area contributed by atoms with Crippen LogP contribution in [0.1, 0.15) is 38.7 Å². The normalized spacial score (nSPS) is 19.6. The molecule has 0 spiro atoms. The number of ether oxygens (including phenoxy) is 1. The number of amides is 1. The van der Waals surface area contributed by atoms with E-state index in [4.69, 9.17) is 9.73 Å². The number of guanidine groups is 1. The van der Waals surface area contributed by atoms with Gasteiger partial charge in [0.1, 0.15) is 5.75 Å². The molecule has 0 radical (unpaired) electrons. The summed E-state index contributed by atoms with van der Waals surface area (Å²) in [5.74, 6) is 1.43. The number of aliphatic imine (C=N–C) groups is 1. The highest BCUT2D eigenvalue weighted by atomic mass is 32.2. The van der Waals surface area contributed by atoms with E-state index in [1.54, 1.807) is 0 Å². The Bertz CT molecular complexity index is 624. The second-order valence-corrected chi connectivity index (χ2v) is 7.73. The molecule has 0 aromatic heterocycles. The quantitative estimate of drug-likeness (QED) is 0.445. The number of hydrogen-bond acceptors (Lipinski definition) is 4. The van der Waals surface area contributed by atoms with Gasteiger partial charge in [-0.3, -0.25) is 4.79 Å². The number of likely N-dealkylation sites (N-methyl/N-ethyl adjacent to an activating group) is 1. The molecule has 1 amide bonds. The number of carbonyl (C=O) groups excluding carboxylic acids is 1. The van der Waals surface area contributed by atoms with E-state index in [-0.39, 0.29) is 12.5 Å². The minimum absolute atomic E-state index is 0.0308. The van der Waals surface area contributed by atoms with Crippen LogP contribution >= 0.6 is 11.8 Å². The zero-order valence-corrected chi connectivity index (χ0v) is 17.4. The highest BCUT2D eigenvalue weighted by Gasteiger charge is 2.24. The van der Waals surface area contributed by atoms with Gasteiger partial charge in [-0.05, 0) is 57.1 Å². The van der Waals surface area contributed by atoms with Crippen LogP contribution in [0.3, 0.4) is 0 Å². The first-order valence-electron chi connectivity index (χ1n) is 9.70. The van der Waals surface area contributed by atoms with Crippen LogP contribution in [0.25, 0.3) is 0 Å². The smallest absolute Gasteiger partial charge is 0.257 e. The van der Waals surface area contributed by atoms with Gasteiger partial charge in [-0.15, -0.1) is 0 Å². The van der Waals surface area contributed by atoms with E-state index in [0.717, 1.165) is 23.3 Å². The number of hydrogen-bond donors (Lipinski definition) is 3. The van der Waals surface area contributed by atoms with Gasteiger partial charge in [-0.1, -0.05) is 12.1 Å². The summed E-state index contributed by atoms with van der Waals surface area (Å²) in [6, 6.07) is 8.23. The first kappa shape index (κ1) is 21.4. The predicted molar refractivity (Wildman–Crippen MR) is 114 cm³/mol. The summed E-state index contributed by atoms with van der Waals surface area (Å²) in [6.07, 6.45) is 5.84. The van der Waals surface area contributed by atoms with Gasteiger partial charge in [-0.25, -0.2) is 4.99 Å². The van der Waals surface area contributed by atoms with E-state index in [1.807, 2.05) is 43.0 Å². The highest BCUT2D eigenvalue weighted by Crippen LogP contribution is 2.28. The number of thioether (sulfide) groups is 1. The van der Waals surface area contributed by atoms with Crippen molar-refractivity contribution >= 4 is 23.6 Å². The van der Waals surface area contributed by atoms with E-state index < -0.39 is 0 Å². The number of benzene rings is 1. The topological polar surface area (TPSA) is 74.8 Å². The van der Waals surface area contributed by atoms with Crippen LogP contribution in [-0.4, -0.2) is 49.1 Å². The Hall–Kier alpha value is -1.89. The molecule has 1 fully saturated rings. The molecule has 1 saturated carbocycles. The largest absolute Gasteiger partial charge is 0.484 e. The fourth-order valence-electron chi connectivity index (χ4n) is 3.10. The summed E-state index contributed by atoms with van der Waals surface area (Å²) in [5.41, 5.74) is 1.05. The van der Waals surface area contributed by atoms with Gasteiger partial charge in [0.25, 0.3) is 5.91 Å². The second kappa shape index (κ2) is 11.7. The summed E-state index contributed by atoms with van der Waals surface area (Å²) in [4.78, 5) is 16.2. The molecule has 27 heavy (non-hydrogen) atoms. The zero-order valence-electron chi connectivity index (χ0n) is 16.6. The van der Waals surface area contributed by atoms with Crippen molar-refractivity contribution in [2.75, 3.05) is 26.0 Å². The van der Waals surface area contributed by atoms with Gasteiger partial charge in [0.15, 0.2) is 12.6 Å². The molecule has 2 rings (SSSR count). The van der Waals surface area contributed by atoms with Crippen LogP contribution in [0.5, 0.6) is 5.75 Å². The van der Waals surface area contributed by atoms with E-state index in [1.165, 1.54) is 19.3 Å². The molecule has 0 bridgehead atoms. The molecule has 1 aromatic rings. The van der Waals surface area contributed by atoms with Crippen LogP contribution in [0.2, 0.25) is 0 Å². The third kappa shape index (κ3) is 7.71. The fourth-order valence-corrected chi connectivity index (χ4v) is 3.90. The number of nitrogens with zero attached hydrogens (tertiary/aromatic N) is 1. The highest BCUT2D eigenvalue weighted by molar-refractivity contribution is 7.99. The lowest BCUT2D eigenvalue weighted by Crippen LogP contribution is -2.42. The van der Waals surface area contributed by atoms with Crippen molar-refractivity contribution in [3.8, 4) is 5.75 Å². The van der Waals surface area contributed by atoms with Crippen LogP contribution < -0.4 is 20.7 Å². The molecule has 2 atom stereocenters. The van der Waals surface area contributed by atoms with Crippen molar-refractivity contribution in [2.45, 2.75) is 50.9 Å². The van der Waals surface area contributed by atoms with Crippen LogP contribution in [0.4, 0.5) is 0 Å². The van der Waals surface area contributed by atoms with E-state index in [2.05, 4.69) is 29.1 Å². The van der Waals surface area contributed by atoms with Crippen molar-refractivity contribution in [1.29, 1.82) is 0 Å². The van der Waals surface area contributed by atoms with Crippen LogP contribution in [-0.2, 0) is 11.3 Å².